The molecule has 0 amide bonds. The number of halogens is 1. The smallest absolute Gasteiger partial charge is 0.184 e. The Bertz CT molecular complexity index is 409. The van der Waals surface area contributed by atoms with E-state index in [1.807, 2.05) is 6.92 Å². The van der Waals surface area contributed by atoms with Gasteiger partial charge in [0.2, 0.25) is 0 Å². The molecule has 3 N–H and O–H groups in total. The highest BCUT2D eigenvalue weighted by molar-refractivity contribution is 7.80. The van der Waals surface area contributed by atoms with E-state index < -0.39 is 5.82 Å². The maximum Gasteiger partial charge on any atom is 0.184 e. The predicted molar refractivity (Wildman–Crippen MR) is 65.1 cm³/mol. The Labute approximate surface area is 98.3 Å². The van der Waals surface area contributed by atoms with Crippen LogP contribution in [-0.2, 0) is 0 Å². The summed E-state index contributed by atoms with van der Waals surface area (Å²) < 4.78 is 18.6. The van der Waals surface area contributed by atoms with Gasteiger partial charge in [-0.3, -0.25) is 5.43 Å². The molecule has 86 valence electrons. The Morgan fingerprint density at radius 2 is 2.44 bits per heavy atom. The third-order valence-electron chi connectivity index (χ3n) is 1.66. The summed E-state index contributed by atoms with van der Waals surface area (Å²) in [6, 6.07) is 4.52. The Hall–Kier alpha value is -1.69. The van der Waals surface area contributed by atoms with E-state index in [1.165, 1.54) is 12.3 Å². The highest BCUT2D eigenvalue weighted by atomic mass is 32.1. The van der Waals surface area contributed by atoms with Gasteiger partial charge in [0.1, 0.15) is 11.6 Å². The van der Waals surface area contributed by atoms with Crippen molar-refractivity contribution in [3.63, 3.8) is 0 Å². The van der Waals surface area contributed by atoms with E-state index >= 15 is 0 Å². The van der Waals surface area contributed by atoms with Crippen LogP contribution in [-0.4, -0.2) is 17.9 Å². The molecule has 0 fully saturated rings. The molecule has 0 saturated heterocycles. The fourth-order valence-corrected chi connectivity index (χ4v) is 1.09. The second-order valence-electron chi connectivity index (χ2n) is 2.85. The number of ether oxygens (including phenoxy) is 1. The summed E-state index contributed by atoms with van der Waals surface area (Å²) in [5, 5.41) is 3.69. The van der Waals surface area contributed by atoms with Gasteiger partial charge in [0.25, 0.3) is 0 Å². The normalized spacial score (nSPS) is 10.4. The van der Waals surface area contributed by atoms with Gasteiger partial charge in [-0.15, -0.1) is 0 Å². The first-order valence-corrected chi connectivity index (χ1v) is 5.05. The highest BCUT2D eigenvalue weighted by Crippen LogP contribution is 2.15. The van der Waals surface area contributed by atoms with Crippen LogP contribution in [0.3, 0.4) is 0 Å². The minimum atomic E-state index is -0.417. The highest BCUT2D eigenvalue weighted by Gasteiger charge is 2.01. The van der Waals surface area contributed by atoms with Crippen LogP contribution in [0, 0.1) is 5.82 Å². The molecule has 0 aliphatic heterocycles. The molecule has 0 radical (unpaired) electrons. The predicted octanol–water partition coefficient (Wildman–Crippen LogP) is 1.39. The second kappa shape index (κ2) is 6.02. The largest absolute Gasteiger partial charge is 0.494 e. The van der Waals surface area contributed by atoms with Crippen LogP contribution in [0.15, 0.2) is 23.3 Å². The third-order valence-corrected chi connectivity index (χ3v) is 1.75. The summed E-state index contributed by atoms with van der Waals surface area (Å²) in [6.45, 7) is 2.33. The molecule has 0 spiro atoms. The lowest BCUT2D eigenvalue weighted by Gasteiger charge is -2.03. The van der Waals surface area contributed by atoms with Crippen molar-refractivity contribution in [3.05, 3.63) is 29.6 Å². The van der Waals surface area contributed by atoms with Gasteiger partial charge in [-0.1, -0.05) is 0 Å². The monoisotopic (exact) mass is 241 g/mol. The average Bonchev–Trinajstić information content (AvgIpc) is 2.21. The van der Waals surface area contributed by atoms with E-state index in [4.69, 9.17) is 10.5 Å². The Kier molecular flexibility index (Phi) is 4.65. The molecule has 1 aromatic carbocycles. The van der Waals surface area contributed by atoms with Crippen molar-refractivity contribution in [1.82, 2.24) is 5.43 Å². The van der Waals surface area contributed by atoms with Gasteiger partial charge in [0.15, 0.2) is 5.11 Å². The number of hydrogen-bond donors (Lipinski definition) is 2. The first kappa shape index (κ1) is 12.4. The summed E-state index contributed by atoms with van der Waals surface area (Å²) in [4.78, 5) is 0. The first-order chi connectivity index (χ1) is 7.63. The quantitative estimate of drug-likeness (QED) is 0.475. The van der Waals surface area contributed by atoms with Crippen molar-refractivity contribution >= 4 is 23.5 Å². The van der Waals surface area contributed by atoms with Crippen LogP contribution in [0.25, 0.3) is 0 Å². The van der Waals surface area contributed by atoms with E-state index in [9.17, 15) is 4.39 Å². The third kappa shape index (κ3) is 3.82. The number of benzene rings is 1. The molecule has 0 heterocycles. The molecule has 0 aliphatic carbocycles. The summed E-state index contributed by atoms with van der Waals surface area (Å²) in [5.41, 5.74) is 7.82. The fraction of sp³-hybridized carbons (Fsp3) is 0.200. The van der Waals surface area contributed by atoms with E-state index in [0.29, 0.717) is 17.9 Å². The molecule has 16 heavy (non-hydrogen) atoms. The Morgan fingerprint density at radius 3 is 3.00 bits per heavy atom. The summed E-state index contributed by atoms with van der Waals surface area (Å²) in [7, 11) is 0. The molecular formula is C10H12FN3OS. The zero-order valence-electron chi connectivity index (χ0n) is 8.74. The SMILES string of the molecule is CCOc1ccc(C=NNC(N)=S)c(F)c1. The van der Waals surface area contributed by atoms with E-state index in [1.54, 1.807) is 12.1 Å². The minimum Gasteiger partial charge on any atom is -0.494 e. The first-order valence-electron chi connectivity index (χ1n) is 4.64. The summed E-state index contributed by atoms with van der Waals surface area (Å²) >= 11 is 4.54. The molecule has 4 nitrogen and oxygen atoms in total. The fourth-order valence-electron chi connectivity index (χ4n) is 1.03. The van der Waals surface area contributed by atoms with Crippen molar-refractivity contribution in [2.75, 3.05) is 6.61 Å². The van der Waals surface area contributed by atoms with Crippen LogP contribution in [0.4, 0.5) is 4.39 Å². The molecule has 0 unspecified atom stereocenters. The van der Waals surface area contributed by atoms with Crippen molar-refractivity contribution in [2.24, 2.45) is 10.8 Å². The maximum atomic E-state index is 13.4. The van der Waals surface area contributed by atoms with Gasteiger partial charge >= 0.3 is 0 Å². The topological polar surface area (TPSA) is 59.6 Å². The van der Waals surface area contributed by atoms with Gasteiger partial charge in [0, 0.05) is 11.6 Å². The number of nitrogens with zero attached hydrogens (tertiary/aromatic N) is 1. The molecule has 0 aromatic heterocycles. The van der Waals surface area contributed by atoms with Crippen LogP contribution >= 0.6 is 12.2 Å². The van der Waals surface area contributed by atoms with Crippen LogP contribution in [0.5, 0.6) is 5.75 Å². The minimum absolute atomic E-state index is 0.0302. The van der Waals surface area contributed by atoms with Gasteiger partial charge < -0.3 is 10.5 Å². The number of nitrogens with two attached hydrogens (primary N) is 1. The zero-order valence-corrected chi connectivity index (χ0v) is 9.55. The second-order valence-corrected chi connectivity index (χ2v) is 3.29. The Morgan fingerprint density at radius 1 is 1.69 bits per heavy atom. The zero-order chi connectivity index (χ0) is 12.0. The maximum absolute atomic E-state index is 13.4. The van der Waals surface area contributed by atoms with Gasteiger partial charge in [-0.05, 0) is 31.3 Å². The molecule has 6 heteroatoms. The van der Waals surface area contributed by atoms with Crippen molar-refractivity contribution in [3.8, 4) is 5.75 Å². The molecular weight excluding hydrogens is 229 g/mol. The van der Waals surface area contributed by atoms with Crippen molar-refractivity contribution in [1.29, 1.82) is 0 Å². The molecule has 0 saturated carbocycles. The van der Waals surface area contributed by atoms with E-state index in [-0.39, 0.29) is 5.11 Å². The van der Waals surface area contributed by atoms with Crippen molar-refractivity contribution in [2.45, 2.75) is 6.92 Å². The van der Waals surface area contributed by atoms with E-state index in [2.05, 4.69) is 22.7 Å². The van der Waals surface area contributed by atoms with Crippen LogP contribution in [0.1, 0.15) is 12.5 Å². The van der Waals surface area contributed by atoms with Crippen LogP contribution < -0.4 is 15.9 Å². The van der Waals surface area contributed by atoms with Gasteiger partial charge in [-0.25, -0.2) is 4.39 Å². The standard InChI is InChI=1S/C10H12FN3OS/c1-2-15-8-4-3-7(9(11)5-8)6-13-14-10(12)16/h3-6H,2H2,1H3,(H3,12,14,16). The molecule has 0 atom stereocenters. The van der Waals surface area contributed by atoms with E-state index in [0.717, 1.165) is 0 Å². The molecule has 0 aliphatic rings. The number of nitrogens with one attached hydrogen (secondary N) is 1. The molecule has 0 bridgehead atoms. The summed E-state index contributed by atoms with van der Waals surface area (Å²) in [6.07, 6.45) is 1.30. The van der Waals surface area contributed by atoms with Crippen molar-refractivity contribution < 1.29 is 9.13 Å². The van der Waals surface area contributed by atoms with Crippen LogP contribution in [0.2, 0.25) is 0 Å². The lowest BCUT2D eigenvalue weighted by molar-refractivity contribution is 0.338. The average molecular weight is 241 g/mol. The van der Waals surface area contributed by atoms with Gasteiger partial charge in [0.05, 0.1) is 12.8 Å². The summed E-state index contributed by atoms with van der Waals surface area (Å²) in [5.74, 6) is 0.0684. The number of thiocarbonyl (C=S) groups is 1. The number of hydrazone groups is 1. The number of rotatable bonds is 4. The molecule has 1 rings (SSSR count). The number of hydrogen-bond acceptors (Lipinski definition) is 3. The lowest BCUT2D eigenvalue weighted by atomic mass is 10.2. The van der Waals surface area contributed by atoms with Gasteiger partial charge in [-0.2, -0.15) is 5.10 Å². The Balaban J connectivity index is 2.74. The molecule has 1 aromatic rings. The lowest BCUT2D eigenvalue weighted by Crippen LogP contribution is -2.24.